The number of aromatic nitrogens is 6. The Balaban J connectivity index is 1.36. The molecule has 0 atom stereocenters. The monoisotopic (exact) mass is 417 g/mol. The molecule has 4 aromatic rings. The first-order valence-corrected chi connectivity index (χ1v) is 10.3. The summed E-state index contributed by atoms with van der Waals surface area (Å²) in [7, 11) is 3.44. The Labute approximate surface area is 179 Å². The molecular weight excluding hydrogens is 394 g/mol. The molecule has 0 unspecified atom stereocenters. The lowest BCUT2D eigenvalue weighted by molar-refractivity contribution is 0.0699. The Bertz CT molecular complexity index is 1220. The second-order valence-corrected chi connectivity index (χ2v) is 7.68. The molecule has 1 aliphatic heterocycles. The number of methoxy groups -OCH3 is 1. The van der Waals surface area contributed by atoms with Gasteiger partial charge in [-0.25, -0.2) is 0 Å². The number of likely N-dealkylation sites (tertiary alicyclic amines) is 1. The lowest BCUT2D eigenvalue weighted by Crippen LogP contribution is -2.39. The number of aryl methyl sites for hydroxylation is 1. The number of hydrogen-bond acceptors (Lipinski definition) is 6. The standard InChI is InChI=1S/C22H23N7O2/c1-27-19(9-12-23-27)22(30)28-13-10-16(11-14-28)21-25-24-20-8-7-18(26-29(20)21)15-3-5-17(31-2)6-4-15/h3-9,12,16H,10-11,13-14H2,1-2H3. The number of hydrogen-bond donors (Lipinski definition) is 0. The second-order valence-electron chi connectivity index (χ2n) is 7.68. The molecular formula is C22H23N7O2. The number of amides is 1. The summed E-state index contributed by atoms with van der Waals surface area (Å²) in [6.07, 6.45) is 3.28. The van der Waals surface area contributed by atoms with Gasteiger partial charge in [0.2, 0.25) is 0 Å². The van der Waals surface area contributed by atoms with Crippen molar-refractivity contribution in [1.82, 2.24) is 34.5 Å². The first kappa shape index (κ1) is 19.2. The van der Waals surface area contributed by atoms with Gasteiger partial charge in [-0.2, -0.15) is 14.7 Å². The van der Waals surface area contributed by atoms with Crippen molar-refractivity contribution in [3.05, 3.63) is 60.2 Å². The van der Waals surface area contributed by atoms with Crippen LogP contribution in [0.4, 0.5) is 0 Å². The minimum Gasteiger partial charge on any atom is -0.497 e. The fraction of sp³-hybridized carbons (Fsp3) is 0.318. The minimum atomic E-state index is 0.0180. The zero-order valence-corrected chi connectivity index (χ0v) is 17.5. The van der Waals surface area contributed by atoms with Crippen molar-refractivity contribution >= 4 is 11.6 Å². The lowest BCUT2D eigenvalue weighted by Gasteiger charge is -2.31. The van der Waals surface area contributed by atoms with Crippen LogP contribution in [0, 0.1) is 0 Å². The molecule has 9 nitrogen and oxygen atoms in total. The summed E-state index contributed by atoms with van der Waals surface area (Å²) in [6, 6.07) is 13.5. The van der Waals surface area contributed by atoms with Crippen LogP contribution in [0.5, 0.6) is 5.75 Å². The van der Waals surface area contributed by atoms with Crippen LogP contribution < -0.4 is 4.74 Å². The summed E-state index contributed by atoms with van der Waals surface area (Å²) in [5.41, 5.74) is 3.18. The van der Waals surface area contributed by atoms with Crippen molar-refractivity contribution in [2.45, 2.75) is 18.8 Å². The van der Waals surface area contributed by atoms with Gasteiger partial charge in [0.1, 0.15) is 11.4 Å². The van der Waals surface area contributed by atoms with E-state index in [1.165, 1.54) is 0 Å². The maximum absolute atomic E-state index is 12.7. The van der Waals surface area contributed by atoms with E-state index in [9.17, 15) is 4.79 Å². The number of ether oxygens (including phenoxy) is 1. The van der Waals surface area contributed by atoms with E-state index in [1.54, 1.807) is 31.1 Å². The Kier molecular flexibility index (Phi) is 4.85. The molecule has 9 heteroatoms. The molecule has 0 N–H and O–H groups in total. The van der Waals surface area contributed by atoms with Crippen LogP contribution >= 0.6 is 0 Å². The van der Waals surface area contributed by atoms with E-state index in [-0.39, 0.29) is 11.8 Å². The summed E-state index contributed by atoms with van der Waals surface area (Å²) in [5, 5.41) is 17.6. The zero-order chi connectivity index (χ0) is 21.4. The van der Waals surface area contributed by atoms with Gasteiger partial charge in [-0.05, 0) is 55.3 Å². The number of fused-ring (bicyclic) bond motifs is 1. The average molecular weight is 417 g/mol. The smallest absolute Gasteiger partial charge is 0.272 e. The molecule has 5 rings (SSSR count). The third-order valence-electron chi connectivity index (χ3n) is 5.86. The van der Waals surface area contributed by atoms with Gasteiger partial charge in [0.05, 0.1) is 12.8 Å². The van der Waals surface area contributed by atoms with E-state index in [2.05, 4.69) is 15.3 Å². The number of carbonyl (C=O) groups is 1. The predicted octanol–water partition coefficient (Wildman–Crippen LogP) is 2.55. The number of rotatable bonds is 4. The normalized spacial score (nSPS) is 14.8. The molecule has 0 aliphatic carbocycles. The molecule has 158 valence electrons. The zero-order valence-electron chi connectivity index (χ0n) is 17.5. The maximum Gasteiger partial charge on any atom is 0.272 e. The summed E-state index contributed by atoms with van der Waals surface area (Å²) in [6.45, 7) is 1.34. The Morgan fingerprint density at radius 1 is 1.03 bits per heavy atom. The molecule has 31 heavy (non-hydrogen) atoms. The number of piperidine rings is 1. The number of nitrogens with zero attached hydrogens (tertiary/aromatic N) is 7. The molecule has 1 fully saturated rings. The molecule has 1 aliphatic rings. The van der Waals surface area contributed by atoms with Crippen molar-refractivity contribution in [2.75, 3.05) is 20.2 Å². The van der Waals surface area contributed by atoms with Gasteiger partial charge in [0, 0.05) is 37.8 Å². The molecule has 1 saturated heterocycles. The molecule has 0 saturated carbocycles. The summed E-state index contributed by atoms with van der Waals surface area (Å²) >= 11 is 0. The van der Waals surface area contributed by atoms with Crippen molar-refractivity contribution in [3.63, 3.8) is 0 Å². The molecule has 1 aromatic carbocycles. The van der Waals surface area contributed by atoms with Crippen LogP contribution in [-0.2, 0) is 7.05 Å². The summed E-state index contributed by atoms with van der Waals surface area (Å²) < 4.78 is 8.69. The summed E-state index contributed by atoms with van der Waals surface area (Å²) in [5.74, 6) is 1.87. The topological polar surface area (TPSA) is 90.4 Å². The van der Waals surface area contributed by atoms with Crippen LogP contribution in [0.1, 0.15) is 35.1 Å². The van der Waals surface area contributed by atoms with Crippen molar-refractivity contribution in [3.8, 4) is 17.0 Å². The van der Waals surface area contributed by atoms with Crippen LogP contribution in [0.2, 0.25) is 0 Å². The van der Waals surface area contributed by atoms with Crippen molar-refractivity contribution < 1.29 is 9.53 Å². The number of benzene rings is 1. The second kappa shape index (κ2) is 7.82. The molecule has 3 aromatic heterocycles. The van der Waals surface area contributed by atoms with Gasteiger partial charge >= 0.3 is 0 Å². The van der Waals surface area contributed by atoms with Gasteiger partial charge in [-0.15, -0.1) is 10.2 Å². The van der Waals surface area contributed by atoms with E-state index < -0.39 is 0 Å². The highest BCUT2D eigenvalue weighted by atomic mass is 16.5. The Morgan fingerprint density at radius 3 is 2.48 bits per heavy atom. The first-order chi connectivity index (χ1) is 15.1. The fourth-order valence-corrected chi connectivity index (χ4v) is 4.06. The minimum absolute atomic E-state index is 0.0180. The SMILES string of the molecule is COc1ccc(-c2ccc3nnc(C4CCN(C(=O)c5ccnn5C)CC4)n3n2)cc1. The first-order valence-electron chi connectivity index (χ1n) is 10.3. The van der Waals surface area contributed by atoms with Gasteiger partial charge in [-0.3, -0.25) is 9.48 Å². The molecule has 0 bridgehead atoms. The average Bonchev–Trinajstić information content (AvgIpc) is 3.44. The van der Waals surface area contributed by atoms with Crippen molar-refractivity contribution in [1.29, 1.82) is 0 Å². The van der Waals surface area contributed by atoms with E-state index in [0.717, 1.165) is 41.3 Å². The highest BCUT2D eigenvalue weighted by Crippen LogP contribution is 2.28. The van der Waals surface area contributed by atoms with Crippen molar-refractivity contribution in [2.24, 2.45) is 7.05 Å². The highest BCUT2D eigenvalue weighted by molar-refractivity contribution is 5.92. The third kappa shape index (κ3) is 3.52. The molecule has 0 spiro atoms. The highest BCUT2D eigenvalue weighted by Gasteiger charge is 2.28. The van der Waals surface area contributed by atoms with E-state index in [1.807, 2.05) is 45.8 Å². The molecule has 1 amide bonds. The van der Waals surface area contributed by atoms with Gasteiger partial charge in [-0.1, -0.05) is 0 Å². The summed E-state index contributed by atoms with van der Waals surface area (Å²) in [4.78, 5) is 14.6. The largest absolute Gasteiger partial charge is 0.497 e. The van der Waals surface area contributed by atoms with Gasteiger partial charge < -0.3 is 9.64 Å². The predicted molar refractivity (Wildman–Crippen MR) is 114 cm³/mol. The maximum atomic E-state index is 12.7. The van der Waals surface area contributed by atoms with E-state index in [4.69, 9.17) is 9.84 Å². The Morgan fingerprint density at radius 2 is 1.81 bits per heavy atom. The van der Waals surface area contributed by atoms with E-state index in [0.29, 0.717) is 18.8 Å². The van der Waals surface area contributed by atoms with Gasteiger partial charge in [0.25, 0.3) is 5.91 Å². The molecule has 0 radical (unpaired) electrons. The third-order valence-corrected chi connectivity index (χ3v) is 5.86. The Hall–Kier alpha value is -3.75. The van der Waals surface area contributed by atoms with Crippen LogP contribution in [-0.4, -0.2) is 60.6 Å². The number of carbonyl (C=O) groups excluding carboxylic acids is 1. The lowest BCUT2D eigenvalue weighted by atomic mass is 9.96. The quantitative estimate of drug-likeness (QED) is 0.507. The fourth-order valence-electron chi connectivity index (χ4n) is 4.06. The van der Waals surface area contributed by atoms with E-state index >= 15 is 0 Å². The molecule has 4 heterocycles. The van der Waals surface area contributed by atoms with Crippen LogP contribution in [0.3, 0.4) is 0 Å². The van der Waals surface area contributed by atoms with Crippen LogP contribution in [0.15, 0.2) is 48.7 Å². The van der Waals surface area contributed by atoms with Crippen LogP contribution in [0.25, 0.3) is 16.9 Å². The van der Waals surface area contributed by atoms with Gasteiger partial charge in [0.15, 0.2) is 11.5 Å².